The third-order valence-corrected chi connectivity index (χ3v) is 3.24. The number of rotatable bonds is 4. The van der Waals surface area contributed by atoms with Gasteiger partial charge in [0, 0.05) is 6.20 Å². The number of carbonyl (C=O) groups is 1. The number of hydrogen-bond acceptors (Lipinski definition) is 4. The Hall–Kier alpha value is -1.27. The van der Waals surface area contributed by atoms with Crippen LogP contribution in [0, 0.1) is 0 Å². The van der Waals surface area contributed by atoms with E-state index in [1.54, 1.807) is 0 Å². The van der Waals surface area contributed by atoms with Gasteiger partial charge >= 0.3 is 0 Å². The Labute approximate surface area is 94.7 Å². The van der Waals surface area contributed by atoms with Gasteiger partial charge in [-0.1, -0.05) is 6.92 Å². The number of primary sulfonamides is 1. The zero-order valence-electron chi connectivity index (χ0n) is 9.17. The van der Waals surface area contributed by atoms with Crippen molar-refractivity contribution in [1.82, 2.24) is 4.98 Å². The molecule has 0 spiro atoms. The Morgan fingerprint density at radius 1 is 1.50 bits per heavy atom. The normalized spacial score (nSPS) is 13.4. The van der Waals surface area contributed by atoms with Crippen LogP contribution < -0.4 is 5.14 Å². The molecule has 1 rings (SSSR count). The number of ketones is 1. The molecule has 2 N–H and O–H groups in total. The Balaban J connectivity index is 3.08. The van der Waals surface area contributed by atoms with Crippen LogP contribution in [0.4, 0.5) is 0 Å². The van der Waals surface area contributed by atoms with Crippen molar-refractivity contribution in [2.45, 2.75) is 31.1 Å². The van der Waals surface area contributed by atoms with Crippen molar-refractivity contribution in [3.8, 4) is 0 Å². The van der Waals surface area contributed by atoms with Crippen molar-refractivity contribution in [1.29, 1.82) is 0 Å². The van der Waals surface area contributed by atoms with Gasteiger partial charge in [-0.05, 0) is 25.5 Å². The van der Waals surface area contributed by atoms with E-state index >= 15 is 0 Å². The lowest BCUT2D eigenvalue weighted by molar-refractivity contribution is -0.118. The monoisotopic (exact) mass is 242 g/mol. The van der Waals surface area contributed by atoms with Crippen LogP contribution in [0.1, 0.15) is 31.9 Å². The van der Waals surface area contributed by atoms with Crippen molar-refractivity contribution >= 4 is 15.8 Å². The number of nitrogens with zero attached hydrogens (tertiary/aromatic N) is 1. The maximum absolute atomic E-state index is 11.3. The second-order valence-electron chi connectivity index (χ2n) is 3.54. The molecule has 0 aliphatic rings. The van der Waals surface area contributed by atoms with E-state index in [1.165, 1.54) is 25.3 Å². The lowest BCUT2D eigenvalue weighted by Crippen LogP contribution is -2.14. The molecular formula is C10H14N2O3S. The van der Waals surface area contributed by atoms with Crippen molar-refractivity contribution in [2.75, 3.05) is 0 Å². The minimum absolute atomic E-state index is 0.0124. The van der Waals surface area contributed by atoms with Crippen molar-refractivity contribution < 1.29 is 13.2 Å². The highest BCUT2D eigenvalue weighted by atomic mass is 32.2. The molecule has 1 atom stereocenters. The van der Waals surface area contributed by atoms with Crippen molar-refractivity contribution in [3.05, 3.63) is 24.0 Å². The van der Waals surface area contributed by atoms with Gasteiger partial charge in [0.25, 0.3) is 0 Å². The average molecular weight is 242 g/mol. The molecule has 0 fully saturated rings. The Bertz CT molecular complexity index is 479. The third-order valence-electron chi connectivity index (χ3n) is 2.34. The molecule has 16 heavy (non-hydrogen) atoms. The number of pyridine rings is 1. The molecule has 0 radical (unpaired) electrons. The first-order valence-corrected chi connectivity index (χ1v) is 6.40. The standard InChI is InChI=1S/C10H14N2O3S/c1-3-9(7(2)13)10-5-4-8(6-12-10)16(11,14)15/h4-6,9H,3H2,1-2H3,(H2,11,14,15). The molecule has 0 saturated carbocycles. The van der Waals surface area contributed by atoms with E-state index in [-0.39, 0.29) is 16.6 Å². The molecule has 88 valence electrons. The van der Waals surface area contributed by atoms with E-state index in [2.05, 4.69) is 4.98 Å². The molecule has 0 bridgehead atoms. The van der Waals surface area contributed by atoms with Crippen LogP contribution in [0.15, 0.2) is 23.2 Å². The molecule has 1 aromatic rings. The zero-order valence-corrected chi connectivity index (χ0v) is 9.99. The lowest BCUT2D eigenvalue weighted by atomic mass is 9.98. The predicted molar refractivity (Wildman–Crippen MR) is 59.3 cm³/mol. The van der Waals surface area contributed by atoms with Gasteiger partial charge in [-0.2, -0.15) is 0 Å². The Morgan fingerprint density at radius 2 is 2.12 bits per heavy atom. The van der Waals surface area contributed by atoms with E-state index in [0.717, 1.165) is 0 Å². The number of carbonyl (C=O) groups excluding carboxylic acids is 1. The summed E-state index contributed by atoms with van der Waals surface area (Å²) in [4.78, 5) is 15.2. The SMILES string of the molecule is CCC(C(C)=O)c1ccc(S(N)(=O)=O)cn1. The van der Waals surface area contributed by atoms with Crippen LogP contribution in [0.2, 0.25) is 0 Å². The van der Waals surface area contributed by atoms with E-state index in [4.69, 9.17) is 5.14 Å². The largest absolute Gasteiger partial charge is 0.299 e. The Morgan fingerprint density at radius 3 is 2.44 bits per heavy atom. The fourth-order valence-electron chi connectivity index (χ4n) is 1.47. The van der Waals surface area contributed by atoms with Gasteiger partial charge in [0.15, 0.2) is 0 Å². The van der Waals surface area contributed by atoms with Gasteiger partial charge in [0.1, 0.15) is 10.7 Å². The first kappa shape index (κ1) is 12.8. The Kier molecular flexibility index (Phi) is 3.77. The van der Waals surface area contributed by atoms with Gasteiger partial charge in [-0.25, -0.2) is 13.6 Å². The van der Waals surface area contributed by atoms with Gasteiger partial charge in [-0.15, -0.1) is 0 Å². The van der Waals surface area contributed by atoms with Crippen LogP contribution in [-0.2, 0) is 14.8 Å². The first-order valence-electron chi connectivity index (χ1n) is 4.85. The van der Waals surface area contributed by atoms with Crippen molar-refractivity contribution in [3.63, 3.8) is 0 Å². The molecule has 0 aliphatic heterocycles. The topological polar surface area (TPSA) is 90.1 Å². The van der Waals surface area contributed by atoms with Gasteiger partial charge < -0.3 is 0 Å². The van der Waals surface area contributed by atoms with Gasteiger partial charge in [0.05, 0.1) is 11.6 Å². The fourth-order valence-corrected chi connectivity index (χ4v) is 1.93. The number of hydrogen-bond donors (Lipinski definition) is 1. The highest BCUT2D eigenvalue weighted by molar-refractivity contribution is 7.89. The van der Waals surface area contributed by atoms with E-state index in [9.17, 15) is 13.2 Å². The zero-order chi connectivity index (χ0) is 12.3. The van der Waals surface area contributed by atoms with Crippen LogP contribution in [0.5, 0.6) is 0 Å². The number of aromatic nitrogens is 1. The maximum Gasteiger partial charge on any atom is 0.239 e. The number of sulfonamides is 1. The molecule has 1 aromatic heterocycles. The maximum atomic E-state index is 11.3. The second-order valence-corrected chi connectivity index (χ2v) is 5.10. The number of Topliss-reactive ketones (excluding diaryl/α,β-unsaturated/α-hetero) is 1. The summed E-state index contributed by atoms with van der Waals surface area (Å²) in [5.41, 5.74) is 0.572. The number of nitrogens with two attached hydrogens (primary N) is 1. The summed E-state index contributed by atoms with van der Waals surface area (Å²) in [6.45, 7) is 3.37. The summed E-state index contributed by atoms with van der Waals surface area (Å²) in [7, 11) is -3.72. The average Bonchev–Trinajstić information content (AvgIpc) is 2.17. The molecule has 1 heterocycles. The van der Waals surface area contributed by atoms with Gasteiger partial charge in [-0.3, -0.25) is 9.78 Å². The van der Waals surface area contributed by atoms with E-state index in [1.807, 2.05) is 6.92 Å². The quantitative estimate of drug-likeness (QED) is 0.846. The lowest BCUT2D eigenvalue weighted by Gasteiger charge is -2.10. The second kappa shape index (κ2) is 4.71. The summed E-state index contributed by atoms with van der Waals surface area (Å²) >= 11 is 0. The molecule has 5 nitrogen and oxygen atoms in total. The summed E-state index contributed by atoms with van der Waals surface area (Å²) in [5, 5.41) is 4.94. The predicted octanol–water partition coefficient (Wildman–Crippen LogP) is 0.812. The van der Waals surface area contributed by atoms with E-state index in [0.29, 0.717) is 12.1 Å². The smallest absolute Gasteiger partial charge is 0.239 e. The molecular weight excluding hydrogens is 228 g/mol. The highest BCUT2D eigenvalue weighted by Gasteiger charge is 2.16. The first-order chi connectivity index (χ1) is 7.36. The molecule has 0 amide bonds. The molecule has 0 aliphatic carbocycles. The highest BCUT2D eigenvalue weighted by Crippen LogP contribution is 2.19. The van der Waals surface area contributed by atoms with Crippen LogP contribution in [0.3, 0.4) is 0 Å². The minimum atomic E-state index is -3.72. The van der Waals surface area contributed by atoms with Crippen LogP contribution >= 0.6 is 0 Å². The molecule has 0 saturated heterocycles. The van der Waals surface area contributed by atoms with E-state index < -0.39 is 10.0 Å². The van der Waals surface area contributed by atoms with Gasteiger partial charge in [0.2, 0.25) is 10.0 Å². The molecule has 6 heteroatoms. The third kappa shape index (κ3) is 2.86. The minimum Gasteiger partial charge on any atom is -0.299 e. The molecule has 1 unspecified atom stereocenters. The van der Waals surface area contributed by atoms with Crippen LogP contribution in [-0.4, -0.2) is 19.2 Å². The summed E-state index contributed by atoms with van der Waals surface area (Å²) in [5.74, 6) is -0.270. The summed E-state index contributed by atoms with van der Waals surface area (Å²) in [6, 6.07) is 2.89. The summed E-state index contributed by atoms with van der Waals surface area (Å²) in [6.07, 6.45) is 1.81. The summed E-state index contributed by atoms with van der Waals surface area (Å²) < 4.78 is 22.0. The molecule has 0 aromatic carbocycles. The van der Waals surface area contributed by atoms with Crippen LogP contribution in [0.25, 0.3) is 0 Å². The van der Waals surface area contributed by atoms with Crippen molar-refractivity contribution in [2.24, 2.45) is 5.14 Å². The fraction of sp³-hybridized carbons (Fsp3) is 0.400.